The molecule has 1 fully saturated rings. The molecule has 1 aliphatic rings. The fourth-order valence-electron chi connectivity index (χ4n) is 2.37. The van der Waals surface area contributed by atoms with Crippen molar-refractivity contribution in [1.29, 1.82) is 0 Å². The summed E-state index contributed by atoms with van der Waals surface area (Å²) in [7, 11) is 1.83. The molecule has 0 spiro atoms. The summed E-state index contributed by atoms with van der Waals surface area (Å²) < 4.78 is 5.76. The molecule has 1 aromatic rings. The van der Waals surface area contributed by atoms with Gasteiger partial charge in [-0.1, -0.05) is 6.92 Å². The molecule has 1 N–H and O–H groups in total. The monoisotopic (exact) mass is 277 g/mol. The minimum absolute atomic E-state index is 0.00236. The van der Waals surface area contributed by atoms with E-state index in [4.69, 9.17) is 4.74 Å². The largest absolute Gasteiger partial charge is 0.387 e. The number of nitrogens with one attached hydrogen (secondary N) is 1. The van der Waals surface area contributed by atoms with Gasteiger partial charge >= 0.3 is 0 Å². The highest BCUT2D eigenvalue weighted by atomic mass is 16.5. The Kier molecular flexibility index (Phi) is 5.35. The average Bonchev–Trinajstić information content (AvgIpc) is 2.52. The zero-order valence-corrected chi connectivity index (χ0v) is 12.3. The normalized spacial score (nSPS) is 18.9. The van der Waals surface area contributed by atoms with E-state index < -0.39 is 0 Å². The van der Waals surface area contributed by atoms with Crippen molar-refractivity contribution in [2.45, 2.75) is 32.3 Å². The Morgan fingerprint density at radius 1 is 1.55 bits per heavy atom. The van der Waals surface area contributed by atoms with Crippen LogP contribution in [-0.2, 0) is 4.74 Å². The molecule has 0 saturated carbocycles. The zero-order valence-electron chi connectivity index (χ0n) is 12.3. The molecule has 5 nitrogen and oxygen atoms in total. The first-order valence-electron chi connectivity index (χ1n) is 7.29. The molecule has 1 amide bonds. The number of ether oxygens (including phenoxy) is 1. The highest BCUT2D eigenvalue weighted by Gasteiger charge is 2.25. The van der Waals surface area contributed by atoms with Crippen molar-refractivity contribution in [2.75, 3.05) is 32.1 Å². The molecule has 2 heterocycles. The predicted molar refractivity (Wildman–Crippen MR) is 79.0 cm³/mol. The van der Waals surface area contributed by atoms with Gasteiger partial charge in [-0.25, -0.2) is 4.98 Å². The van der Waals surface area contributed by atoms with Crippen LogP contribution in [0.1, 0.15) is 36.7 Å². The molecule has 20 heavy (non-hydrogen) atoms. The van der Waals surface area contributed by atoms with Crippen molar-refractivity contribution < 1.29 is 9.53 Å². The third kappa shape index (κ3) is 3.70. The second-order valence-electron chi connectivity index (χ2n) is 5.07. The number of carbonyl (C=O) groups excluding carboxylic acids is 1. The predicted octanol–water partition coefficient (Wildman–Crippen LogP) is 2.15. The summed E-state index contributed by atoms with van der Waals surface area (Å²) >= 11 is 0. The van der Waals surface area contributed by atoms with Gasteiger partial charge in [0.25, 0.3) is 5.91 Å². The lowest BCUT2D eigenvalue weighted by Crippen LogP contribution is -2.43. The summed E-state index contributed by atoms with van der Waals surface area (Å²) in [6, 6.07) is 3.64. The molecule has 110 valence electrons. The lowest BCUT2D eigenvalue weighted by Gasteiger charge is -2.32. The van der Waals surface area contributed by atoms with Crippen LogP contribution in [0, 0.1) is 0 Å². The topological polar surface area (TPSA) is 54.5 Å². The summed E-state index contributed by atoms with van der Waals surface area (Å²) in [4.78, 5) is 18.5. The number of likely N-dealkylation sites (tertiary alicyclic amines) is 1. The van der Waals surface area contributed by atoms with Crippen LogP contribution in [0.25, 0.3) is 0 Å². The molecule has 2 rings (SSSR count). The maximum Gasteiger partial charge on any atom is 0.272 e. The third-order valence-electron chi connectivity index (χ3n) is 3.49. The van der Waals surface area contributed by atoms with Gasteiger partial charge in [0.2, 0.25) is 0 Å². The molecule has 5 heteroatoms. The average molecular weight is 277 g/mol. The number of anilines is 1. The van der Waals surface area contributed by atoms with E-state index in [1.165, 1.54) is 0 Å². The van der Waals surface area contributed by atoms with Crippen LogP contribution in [0.2, 0.25) is 0 Å². The summed E-state index contributed by atoms with van der Waals surface area (Å²) in [5.74, 6) is -0.00236. The van der Waals surface area contributed by atoms with Crippen LogP contribution in [0.3, 0.4) is 0 Å². The van der Waals surface area contributed by atoms with Crippen LogP contribution in [0.15, 0.2) is 18.3 Å². The molecule has 1 aromatic heterocycles. The Labute approximate surface area is 120 Å². The summed E-state index contributed by atoms with van der Waals surface area (Å²) in [5, 5.41) is 3.00. The van der Waals surface area contributed by atoms with E-state index in [2.05, 4.69) is 17.2 Å². The smallest absolute Gasteiger partial charge is 0.272 e. The maximum atomic E-state index is 12.4. The highest BCUT2D eigenvalue weighted by molar-refractivity contribution is 5.92. The van der Waals surface area contributed by atoms with E-state index in [9.17, 15) is 4.79 Å². The molecule has 0 bridgehead atoms. The number of carbonyl (C=O) groups is 1. The van der Waals surface area contributed by atoms with Crippen molar-refractivity contribution in [3.8, 4) is 0 Å². The fourth-order valence-corrected chi connectivity index (χ4v) is 2.37. The molecule has 1 atom stereocenters. The molecule has 1 unspecified atom stereocenters. The molecular formula is C15H23N3O2. The maximum absolute atomic E-state index is 12.4. The molecular weight excluding hydrogens is 254 g/mol. The van der Waals surface area contributed by atoms with E-state index in [0.717, 1.165) is 38.1 Å². The minimum atomic E-state index is -0.00236. The second-order valence-corrected chi connectivity index (χ2v) is 5.07. The standard InChI is InChI=1S/C15H23N3O2/c1-3-9-20-13-5-4-8-18(11-13)15(19)14-7-6-12(16-2)10-17-14/h6-7,10,13,16H,3-5,8-9,11H2,1-2H3. The van der Waals surface area contributed by atoms with Crippen molar-refractivity contribution in [2.24, 2.45) is 0 Å². The number of hydrogen-bond donors (Lipinski definition) is 1. The lowest BCUT2D eigenvalue weighted by molar-refractivity contribution is 0.00192. The minimum Gasteiger partial charge on any atom is -0.387 e. The second kappa shape index (κ2) is 7.24. The van der Waals surface area contributed by atoms with Crippen LogP contribution in [-0.4, -0.2) is 48.6 Å². The van der Waals surface area contributed by atoms with E-state index in [1.54, 1.807) is 12.3 Å². The third-order valence-corrected chi connectivity index (χ3v) is 3.49. The van der Waals surface area contributed by atoms with Gasteiger partial charge in [0.15, 0.2) is 0 Å². The lowest BCUT2D eigenvalue weighted by atomic mass is 10.1. The first kappa shape index (κ1) is 14.8. The SMILES string of the molecule is CCCOC1CCCN(C(=O)c2ccc(NC)cn2)C1. The number of hydrogen-bond acceptors (Lipinski definition) is 4. The number of nitrogens with zero attached hydrogens (tertiary/aromatic N) is 2. The quantitative estimate of drug-likeness (QED) is 0.896. The Balaban J connectivity index is 1.96. The van der Waals surface area contributed by atoms with E-state index >= 15 is 0 Å². The Morgan fingerprint density at radius 3 is 3.05 bits per heavy atom. The van der Waals surface area contributed by atoms with Crippen molar-refractivity contribution in [3.63, 3.8) is 0 Å². The van der Waals surface area contributed by atoms with Crippen LogP contribution >= 0.6 is 0 Å². The van der Waals surface area contributed by atoms with Gasteiger partial charge in [0, 0.05) is 26.7 Å². The van der Waals surface area contributed by atoms with Gasteiger partial charge in [-0.15, -0.1) is 0 Å². The number of amides is 1. The number of rotatable bonds is 5. The van der Waals surface area contributed by atoms with Crippen molar-refractivity contribution in [1.82, 2.24) is 9.88 Å². The van der Waals surface area contributed by atoms with Crippen molar-refractivity contribution >= 4 is 11.6 Å². The van der Waals surface area contributed by atoms with Crippen LogP contribution in [0.5, 0.6) is 0 Å². The summed E-state index contributed by atoms with van der Waals surface area (Å²) in [5.41, 5.74) is 1.41. The van der Waals surface area contributed by atoms with Crippen LogP contribution < -0.4 is 5.32 Å². The molecule has 0 aliphatic carbocycles. The van der Waals surface area contributed by atoms with E-state index in [-0.39, 0.29) is 12.0 Å². The van der Waals surface area contributed by atoms with Gasteiger partial charge in [0.05, 0.1) is 18.0 Å². The Bertz CT molecular complexity index is 433. The summed E-state index contributed by atoms with van der Waals surface area (Å²) in [6.45, 7) is 4.33. The number of pyridine rings is 1. The number of piperidine rings is 1. The van der Waals surface area contributed by atoms with Gasteiger partial charge in [-0.05, 0) is 31.4 Å². The van der Waals surface area contributed by atoms with Gasteiger partial charge < -0.3 is 15.0 Å². The van der Waals surface area contributed by atoms with Gasteiger partial charge in [-0.2, -0.15) is 0 Å². The van der Waals surface area contributed by atoms with Gasteiger partial charge in [0.1, 0.15) is 5.69 Å². The zero-order chi connectivity index (χ0) is 14.4. The highest BCUT2D eigenvalue weighted by Crippen LogP contribution is 2.16. The molecule has 1 aliphatic heterocycles. The number of aromatic nitrogens is 1. The van der Waals surface area contributed by atoms with Crippen LogP contribution in [0.4, 0.5) is 5.69 Å². The molecule has 1 saturated heterocycles. The van der Waals surface area contributed by atoms with Gasteiger partial charge in [-0.3, -0.25) is 4.79 Å². The fraction of sp³-hybridized carbons (Fsp3) is 0.600. The first-order chi connectivity index (χ1) is 9.74. The summed E-state index contributed by atoms with van der Waals surface area (Å²) in [6.07, 6.45) is 4.90. The van der Waals surface area contributed by atoms with E-state index in [0.29, 0.717) is 12.2 Å². The van der Waals surface area contributed by atoms with E-state index in [1.807, 2.05) is 18.0 Å². The Hall–Kier alpha value is -1.62. The van der Waals surface area contributed by atoms with Crippen molar-refractivity contribution in [3.05, 3.63) is 24.0 Å². The Morgan fingerprint density at radius 2 is 2.40 bits per heavy atom. The molecule has 0 aromatic carbocycles. The molecule has 0 radical (unpaired) electrons. The first-order valence-corrected chi connectivity index (χ1v) is 7.29.